The van der Waals surface area contributed by atoms with Crippen LogP contribution in [-0.4, -0.2) is 63.1 Å². The van der Waals surface area contributed by atoms with Gasteiger partial charge in [0, 0.05) is 37.0 Å². The Hall–Kier alpha value is -3.05. The highest BCUT2D eigenvalue weighted by Gasteiger charge is 2.36. The molecule has 0 aliphatic rings. The number of hydrogen-bond donors (Lipinski definition) is 1. The molecule has 0 aliphatic heterocycles. The van der Waals surface area contributed by atoms with Gasteiger partial charge in [0.15, 0.2) is 12.1 Å². The Bertz CT molecular complexity index is 916. The molecule has 0 spiro atoms. The van der Waals surface area contributed by atoms with Crippen molar-refractivity contribution in [3.05, 3.63) is 24.3 Å². The molecule has 0 unspecified atom stereocenters. The monoisotopic (exact) mass is 477 g/mol. The molecular formula is C23H35N5O6. The smallest absolute Gasteiger partial charge is 0.425 e. The van der Waals surface area contributed by atoms with Gasteiger partial charge in [-0.2, -0.15) is 10.00 Å². The lowest BCUT2D eigenvalue weighted by atomic mass is 10.1. The SMILES string of the molecule is CCOC(Cc1c(-c2cn[nH]c2)ncnc1N(C(=O)OC(C)(C)C)C(=O)OC(C)(C)C)OCC. The van der Waals surface area contributed by atoms with E-state index >= 15 is 0 Å². The van der Waals surface area contributed by atoms with Crippen LogP contribution in [0, 0.1) is 0 Å². The first-order chi connectivity index (χ1) is 15.9. The molecule has 0 fully saturated rings. The van der Waals surface area contributed by atoms with E-state index in [0.29, 0.717) is 30.0 Å². The quantitative estimate of drug-likeness (QED) is 0.547. The number of nitrogens with one attached hydrogen (secondary N) is 1. The molecule has 0 aromatic carbocycles. The van der Waals surface area contributed by atoms with E-state index in [9.17, 15) is 9.59 Å². The van der Waals surface area contributed by atoms with Crippen molar-refractivity contribution in [3.63, 3.8) is 0 Å². The summed E-state index contributed by atoms with van der Waals surface area (Å²) in [6.45, 7) is 14.7. The fourth-order valence-corrected chi connectivity index (χ4v) is 2.98. The Morgan fingerprint density at radius 1 is 0.971 bits per heavy atom. The molecule has 2 aromatic rings. The van der Waals surface area contributed by atoms with Gasteiger partial charge in [-0.1, -0.05) is 0 Å². The summed E-state index contributed by atoms with van der Waals surface area (Å²) in [4.78, 5) is 35.9. The minimum atomic E-state index is -0.927. The average molecular weight is 478 g/mol. The van der Waals surface area contributed by atoms with Crippen LogP contribution in [0.5, 0.6) is 0 Å². The van der Waals surface area contributed by atoms with Gasteiger partial charge in [-0.3, -0.25) is 5.10 Å². The number of amides is 2. The van der Waals surface area contributed by atoms with E-state index in [1.165, 1.54) is 6.33 Å². The second-order valence-electron chi connectivity index (χ2n) is 9.35. The molecule has 2 heterocycles. The van der Waals surface area contributed by atoms with Gasteiger partial charge >= 0.3 is 12.2 Å². The molecule has 0 radical (unpaired) electrons. The normalized spacial score (nSPS) is 12.0. The molecule has 0 saturated carbocycles. The number of carbonyl (C=O) groups excluding carboxylic acids is 2. The molecule has 0 bridgehead atoms. The molecule has 1 N–H and O–H groups in total. The number of H-pyrrole nitrogens is 1. The molecule has 2 rings (SSSR count). The Kier molecular flexibility index (Phi) is 9.11. The van der Waals surface area contributed by atoms with Crippen LogP contribution < -0.4 is 4.90 Å². The lowest BCUT2D eigenvalue weighted by Gasteiger charge is -2.29. The van der Waals surface area contributed by atoms with Gasteiger partial charge in [0.2, 0.25) is 0 Å². The third kappa shape index (κ3) is 7.77. The standard InChI is InChI=1S/C23H35N5O6/c1-9-31-17(32-10-2)11-16-18(15-12-26-27-13-15)24-14-25-19(16)28(20(29)33-22(3,4)5)21(30)34-23(6,7)8/h12-14,17H,9-11H2,1-8H3,(H,26,27). The molecule has 188 valence electrons. The zero-order valence-corrected chi connectivity index (χ0v) is 21.2. The van der Waals surface area contributed by atoms with Crippen LogP contribution in [0.4, 0.5) is 15.4 Å². The van der Waals surface area contributed by atoms with Crippen LogP contribution >= 0.6 is 0 Å². The van der Waals surface area contributed by atoms with E-state index in [2.05, 4.69) is 20.2 Å². The number of imide groups is 1. The van der Waals surface area contributed by atoms with Crippen LogP contribution in [0.25, 0.3) is 11.3 Å². The van der Waals surface area contributed by atoms with Crippen LogP contribution in [0.1, 0.15) is 61.0 Å². The maximum atomic E-state index is 13.2. The van der Waals surface area contributed by atoms with Crippen LogP contribution in [-0.2, 0) is 25.4 Å². The van der Waals surface area contributed by atoms with Crippen LogP contribution in [0.15, 0.2) is 18.7 Å². The minimum absolute atomic E-state index is 0.0131. The van der Waals surface area contributed by atoms with Crippen LogP contribution in [0.3, 0.4) is 0 Å². The van der Waals surface area contributed by atoms with E-state index in [4.69, 9.17) is 18.9 Å². The van der Waals surface area contributed by atoms with E-state index in [1.807, 2.05) is 13.8 Å². The second-order valence-corrected chi connectivity index (χ2v) is 9.35. The first-order valence-electron chi connectivity index (χ1n) is 11.2. The van der Waals surface area contributed by atoms with Gasteiger partial charge in [0.05, 0.1) is 11.9 Å². The van der Waals surface area contributed by atoms with Crippen molar-refractivity contribution in [3.8, 4) is 11.3 Å². The number of hydrogen-bond acceptors (Lipinski definition) is 9. The summed E-state index contributed by atoms with van der Waals surface area (Å²) < 4.78 is 22.5. The van der Waals surface area contributed by atoms with Crippen molar-refractivity contribution in [2.24, 2.45) is 0 Å². The van der Waals surface area contributed by atoms with E-state index in [0.717, 1.165) is 4.90 Å². The third-order valence-electron chi connectivity index (χ3n) is 4.13. The Morgan fingerprint density at radius 2 is 1.53 bits per heavy atom. The van der Waals surface area contributed by atoms with Gasteiger partial charge in [0.25, 0.3) is 0 Å². The summed E-state index contributed by atoms with van der Waals surface area (Å²) in [5.41, 5.74) is -0.194. The van der Waals surface area contributed by atoms with E-state index in [-0.39, 0.29) is 12.2 Å². The number of nitrogens with zero attached hydrogens (tertiary/aromatic N) is 4. The number of ether oxygens (including phenoxy) is 4. The highest BCUT2D eigenvalue weighted by Crippen LogP contribution is 2.31. The number of aromatic nitrogens is 4. The average Bonchev–Trinajstić information content (AvgIpc) is 3.21. The minimum Gasteiger partial charge on any atom is -0.443 e. The largest absolute Gasteiger partial charge is 0.443 e. The van der Waals surface area contributed by atoms with Crippen LogP contribution in [0.2, 0.25) is 0 Å². The van der Waals surface area contributed by atoms with Crippen molar-refractivity contribution in [2.45, 2.75) is 79.3 Å². The van der Waals surface area contributed by atoms with Gasteiger partial charge < -0.3 is 18.9 Å². The fraction of sp³-hybridized carbons (Fsp3) is 0.609. The summed E-state index contributed by atoms with van der Waals surface area (Å²) in [5.74, 6) is 0.0131. The number of rotatable bonds is 8. The zero-order valence-electron chi connectivity index (χ0n) is 21.2. The summed E-state index contributed by atoms with van der Waals surface area (Å²) in [5, 5.41) is 6.73. The second kappa shape index (κ2) is 11.4. The molecule has 11 nitrogen and oxygen atoms in total. The number of anilines is 1. The molecule has 0 atom stereocenters. The molecule has 11 heteroatoms. The van der Waals surface area contributed by atoms with E-state index in [1.54, 1.807) is 53.9 Å². The Morgan fingerprint density at radius 3 is 1.97 bits per heavy atom. The van der Waals surface area contributed by atoms with Crippen molar-refractivity contribution < 1.29 is 28.5 Å². The summed E-state index contributed by atoms with van der Waals surface area (Å²) in [7, 11) is 0. The van der Waals surface area contributed by atoms with Gasteiger partial charge in [0.1, 0.15) is 17.5 Å². The molecule has 2 amide bonds. The summed E-state index contributed by atoms with van der Waals surface area (Å²) >= 11 is 0. The lowest BCUT2D eigenvalue weighted by molar-refractivity contribution is -0.134. The maximum absolute atomic E-state index is 13.2. The molecular weight excluding hydrogens is 442 g/mol. The van der Waals surface area contributed by atoms with E-state index < -0.39 is 29.7 Å². The summed E-state index contributed by atoms with van der Waals surface area (Å²) in [6.07, 6.45) is 2.13. The highest BCUT2D eigenvalue weighted by molar-refractivity contribution is 6.09. The van der Waals surface area contributed by atoms with Crippen molar-refractivity contribution in [2.75, 3.05) is 18.1 Å². The van der Waals surface area contributed by atoms with Crippen molar-refractivity contribution >= 4 is 18.0 Å². The first-order valence-corrected chi connectivity index (χ1v) is 11.2. The molecule has 0 saturated heterocycles. The third-order valence-corrected chi connectivity index (χ3v) is 4.13. The Balaban J connectivity index is 2.68. The number of aromatic amines is 1. The first kappa shape index (κ1) is 27.2. The predicted molar refractivity (Wildman–Crippen MR) is 125 cm³/mol. The predicted octanol–water partition coefficient (Wildman–Crippen LogP) is 4.48. The fourth-order valence-electron chi connectivity index (χ4n) is 2.98. The van der Waals surface area contributed by atoms with Gasteiger partial charge in [-0.05, 0) is 55.4 Å². The maximum Gasteiger partial charge on any atom is 0.425 e. The molecule has 0 aliphatic carbocycles. The topological polar surface area (TPSA) is 129 Å². The molecule has 34 heavy (non-hydrogen) atoms. The zero-order chi connectivity index (χ0) is 25.5. The number of carbonyl (C=O) groups is 2. The summed E-state index contributed by atoms with van der Waals surface area (Å²) in [6, 6.07) is 0. The van der Waals surface area contributed by atoms with Gasteiger partial charge in [-0.25, -0.2) is 19.6 Å². The lowest BCUT2D eigenvalue weighted by Crippen LogP contribution is -2.45. The van der Waals surface area contributed by atoms with Crippen molar-refractivity contribution in [1.82, 2.24) is 20.2 Å². The molecule has 2 aromatic heterocycles. The van der Waals surface area contributed by atoms with Crippen molar-refractivity contribution in [1.29, 1.82) is 0 Å². The Labute approximate surface area is 200 Å². The van der Waals surface area contributed by atoms with Gasteiger partial charge in [-0.15, -0.1) is 0 Å². The highest BCUT2D eigenvalue weighted by atomic mass is 16.7.